The SMILES string of the molecule is CCC(NC(=O)CCC(C)(C)N)c1ccc(OC)cc1. The molecular formula is C16H26N2O2. The van der Waals surface area contributed by atoms with Gasteiger partial charge in [-0.15, -0.1) is 0 Å². The molecule has 1 atom stereocenters. The molecule has 1 aromatic rings. The summed E-state index contributed by atoms with van der Waals surface area (Å²) in [5.74, 6) is 0.867. The van der Waals surface area contributed by atoms with Gasteiger partial charge in [0.1, 0.15) is 5.75 Å². The lowest BCUT2D eigenvalue weighted by molar-refractivity contribution is -0.122. The lowest BCUT2D eigenvalue weighted by atomic mass is 9.99. The maximum Gasteiger partial charge on any atom is 0.220 e. The Labute approximate surface area is 121 Å². The Bertz CT molecular complexity index is 421. The highest BCUT2D eigenvalue weighted by molar-refractivity contribution is 5.76. The molecule has 112 valence electrons. The first-order chi connectivity index (χ1) is 9.35. The minimum atomic E-state index is -0.306. The van der Waals surface area contributed by atoms with Crippen molar-refractivity contribution in [3.63, 3.8) is 0 Å². The molecule has 4 nitrogen and oxygen atoms in total. The molecule has 1 rings (SSSR count). The van der Waals surface area contributed by atoms with Crippen molar-refractivity contribution in [1.82, 2.24) is 5.32 Å². The van der Waals surface area contributed by atoms with Gasteiger partial charge in [0.15, 0.2) is 0 Å². The number of hydrogen-bond donors (Lipinski definition) is 2. The Kier molecular flexibility index (Phi) is 6.02. The highest BCUT2D eigenvalue weighted by atomic mass is 16.5. The van der Waals surface area contributed by atoms with Crippen molar-refractivity contribution in [1.29, 1.82) is 0 Å². The Morgan fingerprint density at radius 1 is 1.35 bits per heavy atom. The zero-order valence-corrected chi connectivity index (χ0v) is 12.9. The van der Waals surface area contributed by atoms with Crippen molar-refractivity contribution in [3.8, 4) is 5.75 Å². The first-order valence-corrected chi connectivity index (χ1v) is 7.08. The van der Waals surface area contributed by atoms with Gasteiger partial charge < -0.3 is 15.8 Å². The maximum atomic E-state index is 12.0. The van der Waals surface area contributed by atoms with E-state index in [-0.39, 0.29) is 17.5 Å². The van der Waals surface area contributed by atoms with E-state index in [9.17, 15) is 4.79 Å². The van der Waals surface area contributed by atoms with Crippen molar-refractivity contribution in [2.75, 3.05) is 7.11 Å². The second-order valence-electron chi connectivity index (χ2n) is 5.79. The molecule has 0 saturated carbocycles. The fourth-order valence-corrected chi connectivity index (χ4v) is 1.96. The number of benzene rings is 1. The largest absolute Gasteiger partial charge is 0.497 e. The van der Waals surface area contributed by atoms with E-state index in [4.69, 9.17) is 10.5 Å². The number of carbonyl (C=O) groups is 1. The predicted molar refractivity (Wildman–Crippen MR) is 81.7 cm³/mol. The highest BCUT2D eigenvalue weighted by Gasteiger charge is 2.16. The summed E-state index contributed by atoms with van der Waals surface area (Å²) in [6.07, 6.45) is 1.98. The molecular weight excluding hydrogens is 252 g/mol. The second-order valence-corrected chi connectivity index (χ2v) is 5.79. The summed E-state index contributed by atoms with van der Waals surface area (Å²) < 4.78 is 5.14. The summed E-state index contributed by atoms with van der Waals surface area (Å²) in [5, 5.41) is 3.06. The van der Waals surface area contributed by atoms with Crippen molar-refractivity contribution < 1.29 is 9.53 Å². The van der Waals surface area contributed by atoms with E-state index in [0.717, 1.165) is 17.7 Å². The maximum absolute atomic E-state index is 12.0. The van der Waals surface area contributed by atoms with Crippen molar-refractivity contribution >= 4 is 5.91 Å². The molecule has 0 spiro atoms. The van der Waals surface area contributed by atoms with Crippen LogP contribution < -0.4 is 15.8 Å². The standard InChI is InChI=1S/C16H26N2O2/c1-5-14(12-6-8-13(20-4)9-7-12)18-15(19)10-11-16(2,3)17/h6-9,14H,5,10-11,17H2,1-4H3,(H,18,19). The van der Waals surface area contributed by atoms with Crippen LogP contribution in [0.3, 0.4) is 0 Å². The van der Waals surface area contributed by atoms with Crippen LogP contribution in [0.15, 0.2) is 24.3 Å². The van der Waals surface area contributed by atoms with Gasteiger partial charge in [-0.3, -0.25) is 4.79 Å². The van der Waals surface area contributed by atoms with Crippen LogP contribution in [0.5, 0.6) is 5.75 Å². The highest BCUT2D eigenvalue weighted by Crippen LogP contribution is 2.20. The van der Waals surface area contributed by atoms with Crippen molar-refractivity contribution in [2.45, 2.75) is 51.6 Å². The fraction of sp³-hybridized carbons (Fsp3) is 0.562. The number of carbonyl (C=O) groups excluding carboxylic acids is 1. The second kappa shape index (κ2) is 7.29. The number of rotatable bonds is 7. The number of ether oxygens (including phenoxy) is 1. The smallest absolute Gasteiger partial charge is 0.220 e. The average Bonchev–Trinajstić information content (AvgIpc) is 2.42. The first-order valence-electron chi connectivity index (χ1n) is 7.08. The third kappa shape index (κ3) is 5.61. The average molecular weight is 278 g/mol. The van der Waals surface area contributed by atoms with Crippen LogP contribution in [0.25, 0.3) is 0 Å². The van der Waals surface area contributed by atoms with Gasteiger partial charge in [-0.25, -0.2) is 0 Å². The van der Waals surface area contributed by atoms with Crippen molar-refractivity contribution in [3.05, 3.63) is 29.8 Å². The Hall–Kier alpha value is -1.55. The summed E-state index contributed by atoms with van der Waals surface area (Å²) in [4.78, 5) is 12.0. The van der Waals surface area contributed by atoms with Gasteiger partial charge in [0, 0.05) is 12.0 Å². The van der Waals surface area contributed by atoms with E-state index >= 15 is 0 Å². The van der Waals surface area contributed by atoms with Gasteiger partial charge in [-0.05, 0) is 44.4 Å². The third-order valence-corrected chi connectivity index (χ3v) is 3.26. The molecule has 0 radical (unpaired) electrons. The Balaban J connectivity index is 2.59. The van der Waals surface area contributed by atoms with E-state index in [2.05, 4.69) is 12.2 Å². The topological polar surface area (TPSA) is 64.4 Å². The number of hydrogen-bond acceptors (Lipinski definition) is 3. The molecule has 0 aliphatic heterocycles. The van der Waals surface area contributed by atoms with E-state index in [1.54, 1.807) is 7.11 Å². The lowest BCUT2D eigenvalue weighted by Crippen LogP contribution is -2.35. The van der Waals surface area contributed by atoms with Crippen LogP contribution in [-0.2, 0) is 4.79 Å². The number of amides is 1. The summed E-state index contributed by atoms with van der Waals surface area (Å²) in [7, 11) is 1.64. The lowest BCUT2D eigenvalue weighted by Gasteiger charge is -2.21. The van der Waals surface area contributed by atoms with Crippen LogP contribution in [0.4, 0.5) is 0 Å². The molecule has 3 N–H and O–H groups in total. The van der Waals surface area contributed by atoms with Crippen LogP contribution in [-0.4, -0.2) is 18.6 Å². The van der Waals surface area contributed by atoms with E-state index in [1.165, 1.54) is 0 Å². The van der Waals surface area contributed by atoms with Crippen molar-refractivity contribution in [2.24, 2.45) is 5.73 Å². The number of nitrogens with two attached hydrogens (primary N) is 1. The summed E-state index contributed by atoms with van der Waals surface area (Å²) in [6, 6.07) is 7.83. The van der Waals surface area contributed by atoms with E-state index in [0.29, 0.717) is 12.8 Å². The van der Waals surface area contributed by atoms with Crippen LogP contribution >= 0.6 is 0 Å². The van der Waals surface area contributed by atoms with Gasteiger partial charge >= 0.3 is 0 Å². The number of methoxy groups -OCH3 is 1. The molecule has 20 heavy (non-hydrogen) atoms. The first kappa shape index (κ1) is 16.5. The minimum absolute atomic E-state index is 0.0364. The molecule has 0 aliphatic carbocycles. The molecule has 1 unspecified atom stereocenters. The molecule has 1 amide bonds. The Morgan fingerprint density at radius 3 is 2.40 bits per heavy atom. The molecule has 4 heteroatoms. The van der Waals surface area contributed by atoms with Crippen LogP contribution in [0.2, 0.25) is 0 Å². The van der Waals surface area contributed by atoms with Gasteiger partial charge in [0.25, 0.3) is 0 Å². The zero-order valence-electron chi connectivity index (χ0n) is 12.9. The normalized spacial score (nSPS) is 12.8. The number of nitrogens with one attached hydrogen (secondary N) is 1. The molecule has 0 bridgehead atoms. The minimum Gasteiger partial charge on any atom is -0.497 e. The van der Waals surface area contributed by atoms with Crippen LogP contribution in [0, 0.1) is 0 Å². The van der Waals surface area contributed by atoms with E-state index in [1.807, 2.05) is 38.1 Å². The van der Waals surface area contributed by atoms with Gasteiger partial charge in [-0.1, -0.05) is 19.1 Å². The summed E-state index contributed by atoms with van der Waals surface area (Å²) >= 11 is 0. The summed E-state index contributed by atoms with van der Waals surface area (Å²) in [6.45, 7) is 5.92. The van der Waals surface area contributed by atoms with Gasteiger partial charge in [0.2, 0.25) is 5.91 Å². The fourth-order valence-electron chi connectivity index (χ4n) is 1.96. The predicted octanol–water partition coefficient (Wildman–Crippen LogP) is 2.78. The molecule has 0 fully saturated rings. The van der Waals surface area contributed by atoms with E-state index < -0.39 is 0 Å². The third-order valence-electron chi connectivity index (χ3n) is 3.26. The molecule has 0 aromatic heterocycles. The van der Waals surface area contributed by atoms with Crippen LogP contribution in [0.1, 0.15) is 51.6 Å². The Morgan fingerprint density at radius 2 is 1.95 bits per heavy atom. The summed E-state index contributed by atoms with van der Waals surface area (Å²) in [5.41, 5.74) is 6.68. The molecule has 1 aromatic carbocycles. The quantitative estimate of drug-likeness (QED) is 0.806. The monoisotopic (exact) mass is 278 g/mol. The molecule has 0 saturated heterocycles. The zero-order chi connectivity index (χ0) is 15.2. The molecule has 0 aliphatic rings. The molecule has 0 heterocycles. The van der Waals surface area contributed by atoms with Gasteiger partial charge in [0.05, 0.1) is 13.2 Å². The van der Waals surface area contributed by atoms with Gasteiger partial charge in [-0.2, -0.15) is 0 Å².